The fourth-order valence-electron chi connectivity index (χ4n) is 4.46. The minimum absolute atomic E-state index is 0.219. The molecule has 0 aromatic rings. The maximum absolute atomic E-state index is 6.59. The van der Waals surface area contributed by atoms with E-state index in [4.69, 9.17) is 4.74 Å². The summed E-state index contributed by atoms with van der Waals surface area (Å²) in [6, 6.07) is 0. The first-order chi connectivity index (χ1) is 9.80. The zero-order valence-corrected chi connectivity index (χ0v) is 14.5. The van der Waals surface area contributed by atoms with Crippen LogP contribution in [0.15, 0.2) is 0 Å². The maximum atomic E-state index is 6.59. The first-order valence-corrected chi connectivity index (χ1v) is 8.98. The molecule has 1 unspecified atom stereocenters. The van der Waals surface area contributed by atoms with Crippen molar-refractivity contribution in [2.75, 3.05) is 19.6 Å². The van der Waals surface area contributed by atoms with Crippen LogP contribution in [-0.2, 0) is 4.74 Å². The van der Waals surface area contributed by atoms with Crippen LogP contribution in [-0.4, -0.2) is 47.3 Å². The van der Waals surface area contributed by atoms with Gasteiger partial charge in [-0.05, 0) is 53.4 Å². The van der Waals surface area contributed by atoms with Gasteiger partial charge in [-0.15, -0.1) is 0 Å². The van der Waals surface area contributed by atoms with Gasteiger partial charge in [0.2, 0.25) is 0 Å². The summed E-state index contributed by atoms with van der Waals surface area (Å²) in [6.45, 7) is 12.6. The van der Waals surface area contributed by atoms with Gasteiger partial charge < -0.3 is 10.1 Å². The zero-order valence-electron chi connectivity index (χ0n) is 14.5. The second-order valence-electron chi connectivity index (χ2n) is 8.95. The quantitative estimate of drug-likeness (QED) is 0.845. The van der Waals surface area contributed by atoms with Gasteiger partial charge in [0.25, 0.3) is 0 Å². The summed E-state index contributed by atoms with van der Waals surface area (Å²) in [5, 5.41) is 3.68. The SMILES string of the molecule is CC1(C)CN(CC2CCC3(CCCCC3)O2)C(C)(C)CN1. The molecule has 1 spiro atoms. The standard InChI is InChI=1S/C18H34N2O/c1-16(2)14-20(17(3,4)13-19-16)12-15-8-11-18(21-15)9-6-5-7-10-18/h15,19H,5-14H2,1-4H3. The van der Waals surface area contributed by atoms with Crippen LogP contribution in [0.2, 0.25) is 0 Å². The number of piperazine rings is 1. The highest BCUT2D eigenvalue weighted by molar-refractivity contribution is 5.00. The molecule has 3 fully saturated rings. The Morgan fingerprint density at radius 1 is 1.05 bits per heavy atom. The highest BCUT2D eigenvalue weighted by atomic mass is 16.5. The second-order valence-corrected chi connectivity index (χ2v) is 8.95. The van der Waals surface area contributed by atoms with E-state index < -0.39 is 0 Å². The summed E-state index contributed by atoms with van der Waals surface area (Å²) in [7, 11) is 0. The van der Waals surface area contributed by atoms with Crippen LogP contribution in [0.4, 0.5) is 0 Å². The third-order valence-corrected chi connectivity index (χ3v) is 5.97. The Labute approximate surface area is 130 Å². The van der Waals surface area contributed by atoms with Crippen molar-refractivity contribution in [3.63, 3.8) is 0 Å². The summed E-state index contributed by atoms with van der Waals surface area (Å²) in [5.41, 5.74) is 0.717. The van der Waals surface area contributed by atoms with Gasteiger partial charge in [-0.1, -0.05) is 19.3 Å². The largest absolute Gasteiger partial charge is 0.370 e. The van der Waals surface area contributed by atoms with Crippen molar-refractivity contribution in [3.05, 3.63) is 0 Å². The Bertz CT molecular complexity index is 371. The lowest BCUT2D eigenvalue weighted by atomic mass is 9.83. The Balaban J connectivity index is 1.61. The highest BCUT2D eigenvalue weighted by Gasteiger charge is 2.44. The van der Waals surface area contributed by atoms with E-state index in [0.717, 1.165) is 19.6 Å². The lowest BCUT2D eigenvalue weighted by Crippen LogP contribution is -2.67. The molecule has 1 atom stereocenters. The second kappa shape index (κ2) is 5.50. The van der Waals surface area contributed by atoms with Crippen LogP contribution in [0.5, 0.6) is 0 Å². The minimum atomic E-state index is 0.219. The maximum Gasteiger partial charge on any atom is 0.0710 e. The van der Waals surface area contributed by atoms with Crippen molar-refractivity contribution >= 4 is 0 Å². The van der Waals surface area contributed by atoms with E-state index in [2.05, 4.69) is 37.9 Å². The van der Waals surface area contributed by atoms with Crippen LogP contribution in [0.3, 0.4) is 0 Å². The van der Waals surface area contributed by atoms with Gasteiger partial charge in [-0.25, -0.2) is 0 Å². The molecule has 2 saturated heterocycles. The van der Waals surface area contributed by atoms with Crippen LogP contribution >= 0.6 is 0 Å². The molecule has 0 radical (unpaired) electrons. The van der Waals surface area contributed by atoms with E-state index in [9.17, 15) is 0 Å². The molecule has 3 nitrogen and oxygen atoms in total. The molecule has 0 amide bonds. The molecule has 0 aromatic carbocycles. The first kappa shape index (κ1) is 15.8. The van der Waals surface area contributed by atoms with Gasteiger partial charge in [0.1, 0.15) is 0 Å². The van der Waals surface area contributed by atoms with Crippen LogP contribution in [0.25, 0.3) is 0 Å². The van der Waals surface area contributed by atoms with Crippen molar-refractivity contribution in [2.45, 2.75) is 95.4 Å². The fourth-order valence-corrected chi connectivity index (χ4v) is 4.46. The molecule has 1 N–H and O–H groups in total. The number of ether oxygens (including phenoxy) is 1. The van der Waals surface area contributed by atoms with Gasteiger partial charge in [0, 0.05) is 30.7 Å². The van der Waals surface area contributed by atoms with Gasteiger partial charge in [-0.2, -0.15) is 0 Å². The Morgan fingerprint density at radius 3 is 2.48 bits per heavy atom. The number of rotatable bonds is 2. The van der Waals surface area contributed by atoms with E-state index in [1.807, 2.05) is 0 Å². The smallest absolute Gasteiger partial charge is 0.0710 e. The molecule has 0 bridgehead atoms. The van der Waals surface area contributed by atoms with E-state index >= 15 is 0 Å². The van der Waals surface area contributed by atoms with Crippen LogP contribution in [0, 0.1) is 0 Å². The van der Waals surface area contributed by atoms with Gasteiger partial charge >= 0.3 is 0 Å². The Kier molecular flexibility index (Phi) is 4.13. The molecule has 1 aliphatic carbocycles. The molecular formula is C18H34N2O. The summed E-state index contributed by atoms with van der Waals surface area (Å²) < 4.78 is 6.59. The molecule has 3 heteroatoms. The molecule has 3 rings (SSSR count). The fraction of sp³-hybridized carbons (Fsp3) is 1.00. The Hall–Kier alpha value is -0.120. The molecule has 0 aromatic heterocycles. The van der Waals surface area contributed by atoms with Gasteiger partial charge in [0.15, 0.2) is 0 Å². The average molecular weight is 294 g/mol. The van der Waals surface area contributed by atoms with E-state index in [1.54, 1.807) is 0 Å². The van der Waals surface area contributed by atoms with Crippen LogP contribution in [0.1, 0.15) is 72.6 Å². The molecule has 2 aliphatic heterocycles. The van der Waals surface area contributed by atoms with Crippen molar-refractivity contribution in [1.29, 1.82) is 0 Å². The van der Waals surface area contributed by atoms with E-state index in [0.29, 0.717) is 6.10 Å². The zero-order chi connectivity index (χ0) is 15.1. The highest BCUT2D eigenvalue weighted by Crippen LogP contribution is 2.42. The topological polar surface area (TPSA) is 24.5 Å². The summed E-state index contributed by atoms with van der Waals surface area (Å²) >= 11 is 0. The summed E-state index contributed by atoms with van der Waals surface area (Å²) in [6.07, 6.45) is 9.79. The van der Waals surface area contributed by atoms with Crippen molar-refractivity contribution in [1.82, 2.24) is 10.2 Å². The summed E-state index contributed by atoms with van der Waals surface area (Å²) in [4.78, 5) is 2.66. The molecule has 1 saturated carbocycles. The number of nitrogens with one attached hydrogen (secondary N) is 1. The normalized spacial score (nSPS) is 35.1. The number of hydrogen-bond donors (Lipinski definition) is 1. The lowest BCUT2D eigenvalue weighted by Gasteiger charge is -2.50. The van der Waals surface area contributed by atoms with Gasteiger partial charge in [0.05, 0.1) is 11.7 Å². The number of nitrogens with zero attached hydrogens (tertiary/aromatic N) is 1. The van der Waals surface area contributed by atoms with Crippen molar-refractivity contribution < 1.29 is 4.74 Å². The molecule has 122 valence electrons. The number of hydrogen-bond acceptors (Lipinski definition) is 3. The third kappa shape index (κ3) is 3.46. The summed E-state index contributed by atoms with van der Waals surface area (Å²) in [5.74, 6) is 0. The predicted molar refractivity (Wildman–Crippen MR) is 87.7 cm³/mol. The Morgan fingerprint density at radius 2 is 1.76 bits per heavy atom. The molecule has 3 aliphatic rings. The van der Waals surface area contributed by atoms with Crippen molar-refractivity contribution in [3.8, 4) is 0 Å². The minimum Gasteiger partial charge on any atom is -0.370 e. The van der Waals surface area contributed by atoms with Crippen LogP contribution < -0.4 is 5.32 Å². The van der Waals surface area contributed by atoms with E-state index in [-0.39, 0.29) is 16.7 Å². The predicted octanol–water partition coefficient (Wildman–Crippen LogP) is 3.33. The van der Waals surface area contributed by atoms with Crippen molar-refractivity contribution in [2.24, 2.45) is 0 Å². The molecule has 21 heavy (non-hydrogen) atoms. The molecular weight excluding hydrogens is 260 g/mol. The monoisotopic (exact) mass is 294 g/mol. The first-order valence-electron chi connectivity index (χ1n) is 8.98. The van der Waals surface area contributed by atoms with E-state index in [1.165, 1.54) is 44.9 Å². The van der Waals surface area contributed by atoms with Gasteiger partial charge in [-0.3, -0.25) is 4.90 Å². The molecule has 2 heterocycles. The lowest BCUT2D eigenvalue weighted by molar-refractivity contribution is -0.0861. The average Bonchev–Trinajstić information content (AvgIpc) is 2.78. The third-order valence-electron chi connectivity index (χ3n) is 5.97.